The average Bonchev–Trinajstić information content (AvgIpc) is 2.52. The number of aryl methyl sites for hydroxylation is 1. The van der Waals surface area contributed by atoms with Gasteiger partial charge < -0.3 is 9.88 Å². The van der Waals surface area contributed by atoms with Gasteiger partial charge in [-0.15, -0.1) is 0 Å². The summed E-state index contributed by atoms with van der Waals surface area (Å²) >= 11 is 5.93. The van der Waals surface area contributed by atoms with Crippen LogP contribution in [0.5, 0.6) is 0 Å². The summed E-state index contributed by atoms with van der Waals surface area (Å²) < 4.78 is 38.6. The number of carbonyl (C=O) groups is 1. The largest absolute Gasteiger partial charge is 0.416 e. The molecule has 1 amide bonds. The van der Waals surface area contributed by atoms with Crippen molar-refractivity contribution in [2.24, 2.45) is 0 Å². The third-order valence-electron chi connectivity index (χ3n) is 4.00. The lowest BCUT2D eigenvalue weighted by Crippen LogP contribution is -2.39. The van der Waals surface area contributed by atoms with Crippen molar-refractivity contribution in [1.29, 1.82) is 0 Å². The molecule has 9 heteroatoms. The molecule has 0 bridgehead atoms. The van der Waals surface area contributed by atoms with Crippen molar-refractivity contribution in [2.75, 3.05) is 6.54 Å². The number of nitrogens with zero attached hydrogens (tertiary/aromatic N) is 2. The second-order valence-corrected chi connectivity index (χ2v) is 6.15. The number of rotatable bonds is 1. The van der Waals surface area contributed by atoms with E-state index in [2.05, 4.69) is 9.97 Å². The molecule has 2 aromatic rings. The van der Waals surface area contributed by atoms with Gasteiger partial charge in [0.05, 0.1) is 28.4 Å². The van der Waals surface area contributed by atoms with Crippen molar-refractivity contribution in [1.82, 2.24) is 14.9 Å². The molecule has 0 saturated carbocycles. The van der Waals surface area contributed by atoms with Gasteiger partial charge >= 0.3 is 6.18 Å². The van der Waals surface area contributed by atoms with E-state index in [1.165, 1.54) is 4.90 Å². The molecule has 3 rings (SSSR count). The molecule has 0 radical (unpaired) electrons. The number of halogens is 4. The minimum Gasteiger partial charge on any atom is -0.332 e. The normalized spacial score (nSPS) is 14.4. The zero-order chi connectivity index (χ0) is 18.4. The highest BCUT2D eigenvalue weighted by Gasteiger charge is 2.33. The standard InChI is InChI=1S/C16H13ClF3N3O2/c1-8-21-13-7-23(5-4-10(13)14(24)22-8)15(25)11-6-9(16(18,19)20)2-3-12(11)17/h2-3,6H,4-5,7H2,1H3,(H,21,22,24). The van der Waals surface area contributed by atoms with Crippen LogP contribution in [0.25, 0.3) is 0 Å². The van der Waals surface area contributed by atoms with Crippen LogP contribution < -0.4 is 5.56 Å². The van der Waals surface area contributed by atoms with Crippen molar-refractivity contribution >= 4 is 17.5 Å². The quantitative estimate of drug-likeness (QED) is 0.838. The molecular weight excluding hydrogens is 359 g/mol. The third kappa shape index (κ3) is 3.39. The van der Waals surface area contributed by atoms with Gasteiger partial charge in [-0.25, -0.2) is 4.98 Å². The van der Waals surface area contributed by atoms with Gasteiger partial charge in [0.15, 0.2) is 0 Å². The summed E-state index contributed by atoms with van der Waals surface area (Å²) in [4.78, 5) is 32.7. The molecule has 0 saturated heterocycles. The first-order valence-corrected chi connectivity index (χ1v) is 7.79. The zero-order valence-electron chi connectivity index (χ0n) is 13.1. The Bertz CT molecular complexity index is 908. The first-order valence-electron chi connectivity index (χ1n) is 7.41. The highest BCUT2D eigenvalue weighted by Crippen LogP contribution is 2.32. The molecule has 1 aliphatic heterocycles. The number of amides is 1. The summed E-state index contributed by atoms with van der Waals surface area (Å²) in [6, 6.07) is 2.63. The van der Waals surface area contributed by atoms with Gasteiger partial charge in [0, 0.05) is 12.1 Å². The van der Waals surface area contributed by atoms with Crippen LogP contribution in [0.3, 0.4) is 0 Å². The summed E-state index contributed by atoms with van der Waals surface area (Å²) in [5, 5.41) is -0.0566. The Morgan fingerprint density at radius 3 is 2.76 bits per heavy atom. The molecule has 0 unspecified atom stereocenters. The predicted octanol–water partition coefficient (Wildman–Crippen LogP) is 2.95. The molecule has 0 atom stereocenters. The summed E-state index contributed by atoms with van der Waals surface area (Å²) in [5.74, 6) is -0.211. The summed E-state index contributed by atoms with van der Waals surface area (Å²) in [6.45, 7) is 1.86. The number of benzene rings is 1. The van der Waals surface area contributed by atoms with Gasteiger partial charge in [-0.05, 0) is 31.5 Å². The minimum absolute atomic E-state index is 0.0471. The predicted molar refractivity (Wildman–Crippen MR) is 84.5 cm³/mol. The van der Waals surface area contributed by atoms with E-state index >= 15 is 0 Å². The second kappa shape index (κ2) is 6.18. The smallest absolute Gasteiger partial charge is 0.332 e. The number of hydrogen-bond acceptors (Lipinski definition) is 3. The molecule has 0 spiro atoms. The van der Waals surface area contributed by atoms with Crippen LogP contribution >= 0.6 is 11.6 Å². The fraction of sp³-hybridized carbons (Fsp3) is 0.312. The molecule has 1 N–H and O–H groups in total. The Labute approximate surface area is 145 Å². The van der Waals surface area contributed by atoms with Gasteiger partial charge in [0.25, 0.3) is 11.5 Å². The van der Waals surface area contributed by atoms with Crippen molar-refractivity contribution in [3.05, 3.63) is 61.8 Å². The number of alkyl halides is 3. The molecule has 5 nitrogen and oxygen atoms in total. The Morgan fingerprint density at radius 2 is 2.08 bits per heavy atom. The number of fused-ring (bicyclic) bond motifs is 1. The lowest BCUT2D eigenvalue weighted by molar-refractivity contribution is -0.137. The van der Waals surface area contributed by atoms with E-state index in [0.29, 0.717) is 17.1 Å². The van der Waals surface area contributed by atoms with Gasteiger partial charge in [-0.1, -0.05) is 11.6 Å². The third-order valence-corrected chi connectivity index (χ3v) is 4.33. The van der Waals surface area contributed by atoms with E-state index in [9.17, 15) is 22.8 Å². The fourth-order valence-corrected chi connectivity index (χ4v) is 2.97. The number of aromatic nitrogens is 2. The van der Waals surface area contributed by atoms with E-state index in [1.54, 1.807) is 6.92 Å². The SMILES string of the molecule is Cc1nc2c(c(=O)[nH]1)CCN(C(=O)c1cc(C(F)(F)F)ccc1Cl)C2. The van der Waals surface area contributed by atoms with Crippen LogP contribution in [-0.2, 0) is 19.1 Å². The van der Waals surface area contributed by atoms with Gasteiger partial charge in [0.1, 0.15) is 5.82 Å². The maximum Gasteiger partial charge on any atom is 0.416 e. The lowest BCUT2D eigenvalue weighted by atomic mass is 10.0. The summed E-state index contributed by atoms with van der Waals surface area (Å²) in [6.07, 6.45) is -4.29. The molecule has 1 aromatic carbocycles. The molecule has 132 valence electrons. The van der Waals surface area contributed by atoms with E-state index in [4.69, 9.17) is 11.6 Å². The zero-order valence-corrected chi connectivity index (χ0v) is 13.8. The Morgan fingerprint density at radius 1 is 1.36 bits per heavy atom. The first kappa shape index (κ1) is 17.5. The van der Waals surface area contributed by atoms with Crippen LogP contribution in [-0.4, -0.2) is 27.3 Å². The van der Waals surface area contributed by atoms with E-state index in [0.717, 1.165) is 18.2 Å². The van der Waals surface area contributed by atoms with Gasteiger partial charge in [0.2, 0.25) is 0 Å². The maximum absolute atomic E-state index is 12.9. The van der Waals surface area contributed by atoms with Gasteiger partial charge in [-0.2, -0.15) is 13.2 Å². The van der Waals surface area contributed by atoms with Crippen LogP contribution in [0.15, 0.2) is 23.0 Å². The van der Waals surface area contributed by atoms with Crippen molar-refractivity contribution < 1.29 is 18.0 Å². The number of hydrogen-bond donors (Lipinski definition) is 1. The first-order chi connectivity index (χ1) is 11.7. The molecule has 25 heavy (non-hydrogen) atoms. The Balaban J connectivity index is 1.93. The number of carbonyl (C=O) groups excluding carboxylic acids is 1. The number of H-pyrrole nitrogens is 1. The van der Waals surface area contributed by atoms with Crippen LogP contribution in [0.1, 0.15) is 33.0 Å². The average molecular weight is 372 g/mol. The lowest BCUT2D eigenvalue weighted by Gasteiger charge is -2.28. The van der Waals surface area contributed by atoms with Crippen molar-refractivity contribution in [3.8, 4) is 0 Å². The van der Waals surface area contributed by atoms with E-state index in [-0.39, 0.29) is 35.7 Å². The van der Waals surface area contributed by atoms with Crippen LogP contribution in [0, 0.1) is 6.92 Å². The number of nitrogens with one attached hydrogen (secondary N) is 1. The Hall–Kier alpha value is -2.35. The molecule has 0 fully saturated rings. The molecule has 1 aliphatic rings. The Kier molecular flexibility index (Phi) is 4.32. The van der Waals surface area contributed by atoms with Crippen molar-refractivity contribution in [2.45, 2.75) is 26.1 Å². The fourth-order valence-electron chi connectivity index (χ4n) is 2.77. The summed E-state index contributed by atoms with van der Waals surface area (Å²) in [7, 11) is 0. The highest BCUT2D eigenvalue weighted by atomic mass is 35.5. The summed E-state index contributed by atoms with van der Waals surface area (Å²) in [5.41, 5.74) is -0.481. The molecular formula is C16H13ClF3N3O2. The van der Waals surface area contributed by atoms with Crippen LogP contribution in [0.2, 0.25) is 5.02 Å². The van der Waals surface area contributed by atoms with Crippen LogP contribution in [0.4, 0.5) is 13.2 Å². The van der Waals surface area contributed by atoms with Crippen molar-refractivity contribution in [3.63, 3.8) is 0 Å². The topological polar surface area (TPSA) is 66.1 Å². The highest BCUT2D eigenvalue weighted by molar-refractivity contribution is 6.33. The van der Waals surface area contributed by atoms with Gasteiger partial charge in [-0.3, -0.25) is 9.59 Å². The minimum atomic E-state index is -4.57. The molecule has 0 aliphatic carbocycles. The second-order valence-electron chi connectivity index (χ2n) is 5.75. The molecule has 1 aromatic heterocycles. The molecule has 2 heterocycles. The monoisotopic (exact) mass is 371 g/mol. The maximum atomic E-state index is 12.9. The number of aromatic amines is 1. The van der Waals surface area contributed by atoms with E-state index < -0.39 is 17.6 Å². The van der Waals surface area contributed by atoms with E-state index in [1.807, 2.05) is 0 Å².